The Labute approximate surface area is 163 Å². The van der Waals surface area contributed by atoms with E-state index in [2.05, 4.69) is 16.0 Å². The second kappa shape index (κ2) is 8.31. The van der Waals surface area contributed by atoms with E-state index < -0.39 is 0 Å². The van der Waals surface area contributed by atoms with E-state index in [1.165, 1.54) is 0 Å². The fourth-order valence-corrected chi connectivity index (χ4v) is 2.90. The zero-order valence-electron chi connectivity index (χ0n) is 15.3. The second-order valence-electron chi connectivity index (χ2n) is 6.49. The number of halogens is 1. The number of rotatable bonds is 7. The Balaban J connectivity index is 1.58. The van der Waals surface area contributed by atoms with Crippen molar-refractivity contribution in [3.8, 4) is 5.75 Å². The van der Waals surface area contributed by atoms with Crippen molar-refractivity contribution in [2.75, 3.05) is 29.6 Å². The van der Waals surface area contributed by atoms with Crippen LogP contribution in [-0.4, -0.2) is 25.5 Å². The maximum absolute atomic E-state index is 12.3. The van der Waals surface area contributed by atoms with Gasteiger partial charge in [-0.3, -0.25) is 9.59 Å². The van der Waals surface area contributed by atoms with Crippen molar-refractivity contribution in [3.05, 3.63) is 47.0 Å². The zero-order valence-corrected chi connectivity index (χ0v) is 16.0. The molecule has 142 valence electrons. The van der Waals surface area contributed by atoms with Crippen LogP contribution < -0.4 is 20.7 Å². The van der Waals surface area contributed by atoms with Gasteiger partial charge in [-0.1, -0.05) is 17.7 Å². The Kier molecular flexibility index (Phi) is 5.86. The lowest BCUT2D eigenvalue weighted by Crippen LogP contribution is -2.22. The number of carbonyl (C=O) groups excluding carboxylic acids is 2. The largest absolute Gasteiger partial charge is 0.495 e. The van der Waals surface area contributed by atoms with Crippen molar-refractivity contribution in [2.24, 2.45) is 5.92 Å². The number of ether oxygens (including phenoxy) is 1. The minimum Gasteiger partial charge on any atom is -0.495 e. The third-order valence-electron chi connectivity index (χ3n) is 4.42. The number of carbonyl (C=O) groups is 2. The highest BCUT2D eigenvalue weighted by Gasteiger charge is 2.29. The van der Waals surface area contributed by atoms with Crippen LogP contribution in [0.4, 0.5) is 17.1 Å². The number of benzene rings is 2. The van der Waals surface area contributed by atoms with Gasteiger partial charge in [-0.2, -0.15) is 0 Å². The maximum atomic E-state index is 12.3. The van der Waals surface area contributed by atoms with Gasteiger partial charge in [0.15, 0.2) is 0 Å². The van der Waals surface area contributed by atoms with Gasteiger partial charge in [0.25, 0.3) is 0 Å². The molecular formula is C20H22ClN3O3. The summed E-state index contributed by atoms with van der Waals surface area (Å²) in [4.78, 5) is 24.2. The van der Waals surface area contributed by atoms with Crippen molar-refractivity contribution in [2.45, 2.75) is 19.8 Å². The molecule has 1 fully saturated rings. The lowest BCUT2D eigenvalue weighted by atomic mass is 10.1. The molecule has 2 amide bonds. The first-order chi connectivity index (χ1) is 13.0. The van der Waals surface area contributed by atoms with Crippen LogP contribution >= 0.6 is 11.6 Å². The number of nitrogens with one attached hydrogen (secondary N) is 3. The maximum Gasteiger partial charge on any atom is 0.243 e. The highest BCUT2D eigenvalue weighted by atomic mass is 35.5. The van der Waals surface area contributed by atoms with Gasteiger partial charge in [0.1, 0.15) is 5.75 Å². The molecule has 2 aromatic rings. The number of hydrogen-bond donors (Lipinski definition) is 3. The molecule has 1 saturated carbocycles. The van der Waals surface area contributed by atoms with E-state index in [1.54, 1.807) is 25.3 Å². The molecule has 7 heteroatoms. The summed E-state index contributed by atoms with van der Waals surface area (Å²) in [6, 6.07) is 10.7. The van der Waals surface area contributed by atoms with Gasteiger partial charge in [-0.05, 0) is 55.7 Å². The molecule has 3 N–H and O–H groups in total. The van der Waals surface area contributed by atoms with Crippen molar-refractivity contribution in [1.29, 1.82) is 0 Å². The summed E-state index contributed by atoms with van der Waals surface area (Å²) in [7, 11) is 1.55. The van der Waals surface area contributed by atoms with Crippen LogP contribution in [0.1, 0.15) is 18.4 Å². The lowest BCUT2D eigenvalue weighted by Gasteiger charge is -2.14. The molecule has 0 heterocycles. The molecule has 2 aromatic carbocycles. The van der Waals surface area contributed by atoms with Gasteiger partial charge in [-0.25, -0.2) is 0 Å². The molecule has 0 aliphatic heterocycles. The number of hydrogen-bond acceptors (Lipinski definition) is 4. The topological polar surface area (TPSA) is 79.5 Å². The molecule has 0 saturated heterocycles. The van der Waals surface area contributed by atoms with Crippen molar-refractivity contribution in [1.82, 2.24) is 0 Å². The second-order valence-corrected chi connectivity index (χ2v) is 6.90. The van der Waals surface area contributed by atoms with E-state index in [0.29, 0.717) is 16.5 Å². The predicted molar refractivity (Wildman–Crippen MR) is 108 cm³/mol. The van der Waals surface area contributed by atoms with Crippen LogP contribution in [0.5, 0.6) is 5.75 Å². The van der Waals surface area contributed by atoms with Gasteiger partial charge in [0.05, 0.1) is 18.7 Å². The van der Waals surface area contributed by atoms with E-state index >= 15 is 0 Å². The summed E-state index contributed by atoms with van der Waals surface area (Å²) in [6.07, 6.45) is 1.89. The smallest absolute Gasteiger partial charge is 0.243 e. The first kappa shape index (κ1) is 19.0. The van der Waals surface area contributed by atoms with Gasteiger partial charge in [-0.15, -0.1) is 0 Å². The van der Waals surface area contributed by atoms with Crippen molar-refractivity contribution >= 4 is 40.5 Å². The summed E-state index contributed by atoms with van der Waals surface area (Å²) in [5.41, 5.74) is 2.94. The fraction of sp³-hybridized carbons (Fsp3) is 0.300. The third kappa shape index (κ3) is 4.92. The summed E-state index contributed by atoms with van der Waals surface area (Å²) in [6.45, 7) is 1.95. The van der Waals surface area contributed by atoms with Gasteiger partial charge < -0.3 is 20.7 Å². The first-order valence-corrected chi connectivity index (χ1v) is 9.13. The summed E-state index contributed by atoms with van der Waals surface area (Å²) >= 11 is 6.08. The molecule has 0 aromatic heterocycles. The van der Waals surface area contributed by atoms with E-state index in [4.69, 9.17) is 16.3 Å². The molecule has 1 aliphatic carbocycles. The Morgan fingerprint density at radius 1 is 1.15 bits per heavy atom. The molecule has 3 rings (SSSR count). The van der Waals surface area contributed by atoms with Gasteiger partial charge in [0.2, 0.25) is 11.8 Å². The number of amides is 2. The van der Waals surface area contributed by atoms with Gasteiger partial charge >= 0.3 is 0 Å². The molecular weight excluding hydrogens is 366 g/mol. The van der Waals surface area contributed by atoms with Crippen LogP contribution in [-0.2, 0) is 9.59 Å². The third-order valence-corrected chi connectivity index (χ3v) is 4.71. The predicted octanol–water partition coefficient (Wildman–Crippen LogP) is 4.06. The van der Waals surface area contributed by atoms with E-state index in [-0.39, 0.29) is 24.3 Å². The molecule has 0 atom stereocenters. The average molecular weight is 388 g/mol. The normalized spacial score (nSPS) is 13.0. The minimum atomic E-state index is -0.198. The van der Waals surface area contributed by atoms with Crippen LogP contribution in [0.25, 0.3) is 0 Å². The average Bonchev–Trinajstić information content (AvgIpc) is 3.48. The highest BCUT2D eigenvalue weighted by molar-refractivity contribution is 6.32. The SMILES string of the molecule is COc1ccc(NCC(=O)Nc2cccc(NC(=O)C3CC3)c2C)cc1Cl. The van der Waals surface area contributed by atoms with E-state index in [0.717, 1.165) is 29.8 Å². The summed E-state index contributed by atoms with van der Waals surface area (Å²) < 4.78 is 5.11. The minimum absolute atomic E-state index is 0.0413. The summed E-state index contributed by atoms with van der Waals surface area (Å²) in [5.74, 6) is 0.547. The number of anilines is 3. The Morgan fingerprint density at radius 2 is 1.85 bits per heavy atom. The molecule has 0 bridgehead atoms. The van der Waals surface area contributed by atoms with Crippen LogP contribution in [0.3, 0.4) is 0 Å². The standard InChI is InChI=1S/C20H22ClN3O3/c1-12-16(4-3-5-17(12)24-20(26)13-6-7-13)23-19(25)11-22-14-8-9-18(27-2)15(21)10-14/h3-5,8-10,13,22H,6-7,11H2,1-2H3,(H,23,25)(H,24,26). The van der Waals surface area contributed by atoms with Gasteiger partial charge in [0, 0.05) is 23.0 Å². The zero-order chi connectivity index (χ0) is 19.4. The molecule has 27 heavy (non-hydrogen) atoms. The Morgan fingerprint density at radius 3 is 2.48 bits per heavy atom. The molecule has 0 unspecified atom stereocenters. The van der Waals surface area contributed by atoms with Crippen molar-refractivity contribution < 1.29 is 14.3 Å². The molecule has 0 spiro atoms. The van der Waals surface area contributed by atoms with Crippen LogP contribution in [0, 0.1) is 12.8 Å². The van der Waals surface area contributed by atoms with Crippen LogP contribution in [0.2, 0.25) is 5.02 Å². The Bertz CT molecular complexity index is 866. The molecule has 6 nitrogen and oxygen atoms in total. The quantitative estimate of drug-likeness (QED) is 0.669. The van der Waals surface area contributed by atoms with E-state index in [9.17, 15) is 9.59 Å². The first-order valence-electron chi connectivity index (χ1n) is 8.75. The van der Waals surface area contributed by atoms with Crippen LogP contribution in [0.15, 0.2) is 36.4 Å². The van der Waals surface area contributed by atoms with E-state index in [1.807, 2.05) is 25.1 Å². The number of methoxy groups -OCH3 is 1. The monoisotopic (exact) mass is 387 g/mol. The molecule has 1 aliphatic rings. The van der Waals surface area contributed by atoms with Crippen molar-refractivity contribution in [3.63, 3.8) is 0 Å². The summed E-state index contributed by atoms with van der Waals surface area (Å²) in [5, 5.41) is 9.29. The Hall–Kier alpha value is -2.73. The fourth-order valence-electron chi connectivity index (χ4n) is 2.64. The molecule has 0 radical (unpaired) electrons. The highest BCUT2D eigenvalue weighted by Crippen LogP contribution is 2.32. The lowest BCUT2D eigenvalue weighted by molar-refractivity contribution is -0.117.